The number of piperidine rings is 1. The number of halogens is 2. The van der Waals surface area contributed by atoms with E-state index < -0.39 is 11.6 Å². The number of carbonyl (C=O) groups excluding carboxylic acids is 1. The molecule has 0 aliphatic carbocycles. The summed E-state index contributed by atoms with van der Waals surface area (Å²) in [7, 11) is 0. The number of amides is 1. The molecule has 0 saturated carbocycles. The van der Waals surface area contributed by atoms with Crippen molar-refractivity contribution >= 4 is 5.91 Å². The summed E-state index contributed by atoms with van der Waals surface area (Å²) in [5, 5.41) is 3.32. The lowest BCUT2D eigenvalue weighted by atomic mass is 9.88. The van der Waals surface area contributed by atoms with Crippen molar-refractivity contribution in [2.75, 3.05) is 26.2 Å². The first kappa shape index (κ1) is 12.5. The Morgan fingerprint density at radius 2 is 1.84 bits per heavy atom. The molecule has 2 fully saturated rings. The minimum Gasteiger partial charge on any atom is -0.338 e. The van der Waals surface area contributed by atoms with Crippen molar-refractivity contribution in [2.45, 2.75) is 6.42 Å². The van der Waals surface area contributed by atoms with Crippen molar-refractivity contribution in [3.05, 3.63) is 35.4 Å². The topological polar surface area (TPSA) is 32.3 Å². The largest absolute Gasteiger partial charge is 0.338 e. The van der Waals surface area contributed by atoms with Gasteiger partial charge in [0.05, 0.1) is 0 Å². The molecule has 0 bridgehead atoms. The van der Waals surface area contributed by atoms with Crippen LogP contribution in [-0.4, -0.2) is 37.0 Å². The number of nitrogens with one attached hydrogen (secondary N) is 1. The van der Waals surface area contributed by atoms with Gasteiger partial charge in [-0.2, -0.15) is 0 Å². The minimum atomic E-state index is -0.708. The number of hydrogen-bond acceptors (Lipinski definition) is 2. The van der Waals surface area contributed by atoms with E-state index in [1.807, 2.05) is 0 Å². The second-order valence-electron chi connectivity index (χ2n) is 5.38. The zero-order valence-corrected chi connectivity index (χ0v) is 10.5. The first-order valence-corrected chi connectivity index (χ1v) is 6.59. The second kappa shape index (κ2) is 4.89. The number of benzene rings is 1. The van der Waals surface area contributed by atoms with E-state index in [1.165, 1.54) is 0 Å². The van der Waals surface area contributed by atoms with E-state index in [9.17, 15) is 13.6 Å². The third-order valence-corrected chi connectivity index (χ3v) is 4.10. The highest BCUT2D eigenvalue weighted by molar-refractivity contribution is 5.94. The van der Waals surface area contributed by atoms with Crippen molar-refractivity contribution in [3.63, 3.8) is 0 Å². The molecule has 1 N–H and O–H groups in total. The van der Waals surface area contributed by atoms with Crippen LogP contribution in [0.25, 0.3) is 0 Å². The summed E-state index contributed by atoms with van der Waals surface area (Å²) < 4.78 is 26.3. The van der Waals surface area contributed by atoms with Gasteiger partial charge in [-0.15, -0.1) is 0 Å². The van der Waals surface area contributed by atoms with E-state index in [-0.39, 0.29) is 11.5 Å². The molecule has 2 saturated heterocycles. The summed E-state index contributed by atoms with van der Waals surface area (Å²) in [5.41, 5.74) is 0.0990. The molecule has 2 aliphatic heterocycles. The number of hydrogen-bond donors (Lipinski definition) is 1. The van der Waals surface area contributed by atoms with Crippen molar-refractivity contribution in [3.8, 4) is 0 Å². The van der Waals surface area contributed by atoms with E-state index in [2.05, 4.69) is 5.32 Å². The fourth-order valence-corrected chi connectivity index (χ4v) is 3.08. The lowest BCUT2D eigenvalue weighted by molar-refractivity contribution is 0.0641. The Bertz CT molecular complexity index is 486. The van der Waals surface area contributed by atoms with Crippen LogP contribution >= 0.6 is 0 Å². The Hall–Kier alpha value is -1.49. The van der Waals surface area contributed by atoms with E-state index in [0.29, 0.717) is 24.9 Å². The van der Waals surface area contributed by atoms with Crippen LogP contribution < -0.4 is 5.32 Å². The molecule has 5 heteroatoms. The molecule has 2 atom stereocenters. The molecule has 1 aromatic rings. The van der Waals surface area contributed by atoms with Crippen molar-refractivity contribution in [1.29, 1.82) is 0 Å². The average Bonchev–Trinajstić information content (AvgIpc) is 2.83. The summed E-state index contributed by atoms with van der Waals surface area (Å²) in [4.78, 5) is 14.0. The number of rotatable bonds is 1. The predicted molar refractivity (Wildman–Crippen MR) is 66.7 cm³/mol. The van der Waals surface area contributed by atoms with Crippen LogP contribution in [0, 0.1) is 23.5 Å². The van der Waals surface area contributed by atoms with E-state index in [1.54, 1.807) is 4.90 Å². The maximum absolute atomic E-state index is 13.1. The molecule has 0 spiro atoms. The molecule has 1 amide bonds. The van der Waals surface area contributed by atoms with Crippen LogP contribution in [0.15, 0.2) is 18.2 Å². The van der Waals surface area contributed by atoms with Crippen LogP contribution in [0.5, 0.6) is 0 Å². The van der Waals surface area contributed by atoms with E-state index in [4.69, 9.17) is 0 Å². The van der Waals surface area contributed by atoms with Crippen LogP contribution in [0.1, 0.15) is 16.8 Å². The Morgan fingerprint density at radius 1 is 1.16 bits per heavy atom. The number of nitrogens with zero attached hydrogens (tertiary/aromatic N) is 1. The van der Waals surface area contributed by atoms with Crippen molar-refractivity contribution in [1.82, 2.24) is 10.2 Å². The Morgan fingerprint density at radius 3 is 2.58 bits per heavy atom. The fourth-order valence-electron chi connectivity index (χ4n) is 3.08. The lowest BCUT2D eigenvalue weighted by Gasteiger charge is -2.34. The summed E-state index contributed by atoms with van der Waals surface area (Å²) in [6, 6.07) is 2.98. The van der Waals surface area contributed by atoms with Crippen molar-refractivity contribution < 1.29 is 13.6 Å². The summed E-state index contributed by atoms with van der Waals surface area (Å²) >= 11 is 0. The first-order valence-electron chi connectivity index (χ1n) is 6.59. The molecule has 2 aliphatic rings. The van der Waals surface area contributed by atoms with Gasteiger partial charge >= 0.3 is 0 Å². The van der Waals surface area contributed by atoms with Gasteiger partial charge in [0.1, 0.15) is 11.6 Å². The summed E-state index contributed by atoms with van der Waals surface area (Å²) in [5.74, 6) is -0.588. The Kier molecular flexibility index (Phi) is 3.22. The van der Waals surface area contributed by atoms with Gasteiger partial charge in [0.25, 0.3) is 5.91 Å². The highest BCUT2D eigenvalue weighted by atomic mass is 19.1. The smallest absolute Gasteiger partial charge is 0.254 e. The minimum absolute atomic E-state index is 0.0990. The zero-order valence-electron chi connectivity index (χ0n) is 10.5. The van der Waals surface area contributed by atoms with Gasteiger partial charge in [-0.3, -0.25) is 4.79 Å². The van der Waals surface area contributed by atoms with Crippen LogP contribution in [0.2, 0.25) is 0 Å². The predicted octanol–water partition coefficient (Wildman–Crippen LogP) is 1.65. The maximum atomic E-state index is 13.1. The normalized spacial score (nSPS) is 26.3. The molecular weight excluding hydrogens is 250 g/mol. The van der Waals surface area contributed by atoms with Gasteiger partial charge in [0.2, 0.25) is 0 Å². The molecule has 0 aromatic heterocycles. The van der Waals surface area contributed by atoms with Crippen molar-refractivity contribution in [2.24, 2.45) is 11.8 Å². The second-order valence-corrected chi connectivity index (χ2v) is 5.38. The number of fused-ring (bicyclic) bond motifs is 1. The monoisotopic (exact) mass is 266 g/mol. The fraction of sp³-hybridized carbons (Fsp3) is 0.500. The van der Waals surface area contributed by atoms with Crippen LogP contribution in [-0.2, 0) is 0 Å². The van der Waals surface area contributed by atoms with Gasteiger partial charge in [-0.1, -0.05) is 0 Å². The van der Waals surface area contributed by atoms with Gasteiger partial charge in [0.15, 0.2) is 0 Å². The number of carbonyl (C=O) groups is 1. The molecule has 1 aromatic carbocycles. The van der Waals surface area contributed by atoms with E-state index in [0.717, 1.165) is 37.7 Å². The quantitative estimate of drug-likeness (QED) is 0.838. The Balaban J connectivity index is 1.76. The highest BCUT2D eigenvalue weighted by Gasteiger charge is 2.34. The van der Waals surface area contributed by atoms with Crippen LogP contribution in [0.3, 0.4) is 0 Å². The third kappa shape index (κ3) is 2.47. The standard InChI is InChI=1S/C14H16F2N2O/c15-12-3-10(4-13(16)5-12)14(19)18-2-1-9-6-17-7-11(9)8-18/h3-5,9,11,17H,1-2,6-8H2. The lowest BCUT2D eigenvalue weighted by Crippen LogP contribution is -2.43. The molecule has 19 heavy (non-hydrogen) atoms. The van der Waals surface area contributed by atoms with E-state index >= 15 is 0 Å². The van der Waals surface area contributed by atoms with Gasteiger partial charge in [-0.25, -0.2) is 8.78 Å². The first-order chi connectivity index (χ1) is 9.13. The molecule has 3 nitrogen and oxygen atoms in total. The highest BCUT2D eigenvalue weighted by Crippen LogP contribution is 2.27. The Labute approximate surface area is 110 Å². The molecule has 2 unspecified atom stereocenters. The van der Waals surface area contributed by atoms with Gasteiger partial charge in [-0.05, 0) is 43.5 Å². The molecule has 2 heterocycles. The average molecular weight is 266 g/mol. The number of likely N-dealkylation sites (tertiary alicyclic amines) is 1. The van der Waals surface area contributed by atoms with Gasteiger partial charge < -0.3 is 10.2 Å². The molecule has 3 rings (SSSR count). The molecular formula is C14H16F2N2O. The zero-order chi connectivity index (χ0) is 13.4. The van der Waals surface area contributed by atoms with Gasteiger partial charge in [0, 0.05) is 24.7 Å². The summed E-state index contributed by atoms with van der Waals surface area (Å²) in [6.45, 7) is 3.28. The summed E-state index contributed by atoms with van der Waals surface area (Å²) in [6.07, 6.45) is 0.960. The SMILES string of the molecule is O=C(c1cc(F)cc(F)c1)N1CCC2CNCC2C1. The molecule has 0 radical (unpaired) electrons. The maximum Gasteiger partial charge on any atom is 0.254 e. The third-order valence-electron chi connectivity index (χ3n) is 4.10. The van der Waals surface area contributed by atoms with Crippen LogP contribution in [0.4, 0.5) is 8.78 Å². The molecule has 102 valence electrons.